The molecular formula is C23H28Cl2FN3O4S. The van der Waals surface area contributed by atoms with Crippen molar-refractivity contribution >= 4 is 50.7 Å². The zero-order valence-corrected chi connectivity index (χ0v) is 21.7. The second kappa shape index (κ2) is 11.9. The molecule has 0 fully saturated rings. The van der Waals surface area contributed by atoms with Crippen LogP contribution in [0.3, 0.4) is 0 Å². The Kier molecular flexibility index (Phi) is 9.73. The van der Waals surface area contributed by atoms with Crippen molar-refractivity contribution in [2.45, 2.75) is 45.8 Å². The molecule has 11 heteroatoms. The molecular weight excluding hydrogens is 504 g/mol. The van der Waals surface area contributed by atoms with Crippen molar-refractivity contribution in [3.8, 4) is 0 Å². The van der Waals surface area contributed by atoms with Crippen LogP contribution in [-0.2, 0) is 26.2 Å². The predicted octanol–water partition coefficient (Wildman–Crippen LogP) is 4.23. The Bertz CT molecular complexity index is 1130. The summed E-state index contributed by atoms with van der Waals surface area (Å²) in [4.78, 5) is 27.7. The molecule has 0 spiro atoms. The van der Waals surface area contributed by atoms with Gasteiger partial charge in [0.05, 0.1) is 17.0 Å². The lowest BCUT2D eigenvalue weighted by molar-refractivity contribution is -0.140. The molecule has 0 aliphatic rings. The van der Waals surface area contributed by atoms with Crippen LogP contribution in [-0.4, -0.2) is 50.0 Å². The largest absolute Gasteiger partial charge is 0.352 e. The number of carbonyl (C=O) groups excluding carboxylic acids is 2. The molecule has 0 saturated heterocycles. The fourth-order valence-electron chi connectivity index (χ4n) is 3.36. The molecule has 1 atom stereocenters. The second-order valence-electron chi connectivity index (χ2n) is 8.10. The van der Waals surface area contributed by atoms with Crippen molar-refractivity contribution in [3.63, 3.8) is 0 Å². The molecule has 0 bridgehead atoms. The number of benzene rings is 2. The normalized spacial score (nSPS) is 12.4. The van der Waals surface area contributed by atoms with Crippen molar-refractivity contribution < 1.29 is 22.4 Å². The first-order valence-electron chi connectivity index (χ1n) is 10.6. The van der Waals surface area contributed by atoms with Crippen LogP contribution in [0.1, 0.15) is 32.8 Å². The van der Waals surface area contributed by atoms with Crippen molar-refractivity contribution in [3.05, 3.63) is 63.9 Å². The number of nitrogens with zero attached hydrogens (tertiary/aromatic N) is 2. The van der Waals surface area contributed by atoms with Crippen LogP contribution in [0.15, 0.2) is 42.5 Å². The predicted molar refractivity (Wildman–Crippen MR) is 133 cm³/mol. The van der Waals surface area contributed by atoms with Crippen LogP contribution in [0.5, 0.6) is 0 Å². The molecule has 2 rings (SSSR count). The topological polar surface area (TPSA) is 86.8 Å². The molecule has 0 aliphatic heterocycles. The summed E-state index contributed by atoms with van der Waals surface area (Å²) in [5, 5.41) is 3.13. The van der Waals surface area contributed by atoms with Gasteiger partial charge in [0.2, 0.25) is 21.8 Å². The van der Waals surface area contributed by atoms with Crippen LogP contribution in [0, 0.1) is 5.82 Å². The van der Waals surface area contributed by atoms with E-state index in [1.165, 1.54) is 47.4 Å². The van der Waals surface area contributed by atoms with Gasteiger partial charge in [0.15, 0.2) is 0 Å². The van der Waals surface area contributed by atoms with E-state index < -0.39 is 34.3 Å². The summed E-state index contributed by atoms with van der Waals surface area (Å²) < 4.78 is 39.5. The monoisotopic (exact) mass is 531 g/mol. The molecule has 7 nitrogen and oxygen atoms in total. The van der Waals surface area contributed by atoms with Crippen molar-refractivity contribution in [2.75, 3.05) is 17.1 Å². The number of sulfonamides is 1. The Balaban J connectivity index is 2.48. The highest BCUT2D eigenvalue weighted by atomic mass is 35.5. The zero-order valence-electron chi connectivity index (χ0n) is 19.4. The molecule has 186 valence electrons. The van der Waals surface area contributed by atoms with Gasteiger partial charge in [-0.2, -0.15) is 0 Å². The molecule has 0 aromatic heterocycles. The van der Waals surface area contributed by atoms with Crippen LogP contribution in [0.2, 0.25) is 10.0 Å². The number of carbonyl (C=O) groups is 2. The maximum atomic E-state index is 13.5. The van der Waals surface area contributed by atoms with Gasteiger partial charge in [0.1, 0.15) is 18.4 Å². The van der Waals surface area contributed by atoms with E-state index in [4.69, 9.17) is 23.2 Å². The highest BCUT2D eigenvalue weighted by molar-refractivity contribution is 7.92. The fourth-order valence-corrected chi connectivity index (χ4v) is 4.65. The molecule has 0 heterocycles. The third-order valence-corrected chi connectivity index (χ3v) is 6.62. The Morgan fingerprint density at radius 3 is 2.24 bits per heavy atom. The molecule has 1 N–H and O–H groups in total. The van der Waals surface area contributed by atoms with Crippen molar-refractivity contribution in [1.29, 1.82) is 0 Å². The van der Waals surface area contributed by atoms with Crippen LogP contribution < -0.4 is 9.62 Å². The molecule has 1 unspecified atom stereocenters. The molecule has 0 aliphatic carbocycles. The van der Waals surface area contributed by atoms with Gasteiger partial charge >= 0.3 is 0 Å². The molecule has 34 heavy (non-hydrogen) atoms. The number of hydrogen-bond donors (Lipinski definition) is 1. The van der Waals surface area contributed by atoms with Gasteiger partial charge in [0, 0.05) is 17.6 Å². The Morgan fingerprint density at radius 2 is 1.71 bits per heavy atom. The summed E-state index contributed by atoms with van der Waals surface area (Å²) in [6.07, 6.45) is 1.23. The van der Waals surface area contributed by atoms with E-state index in [9.17, 15) is 22.4 Å². The smallest absolute Gasteiger partial charge is 0.244 e. The number of rotatable bonds is 10. The van der Waals surface area contributed by atoms with E-state index in [0.717, 1.165) is 10.6 Å². The Labute approximate surface area is 209 Å². The lowest BCUT2D eigenvalue weighted by Crippen LogP contribution is -2.53. The average molecular weight is 532 g/mol. The Hall–Kier alpha value is -2.36. The highest BCUT2D eigenvalue weighted by Gasteiger charge is 2.32. The minimum Gasteiger partial charge on any atom is -0.352 e. The number of nitrogens with one attached hydrogen (secondary N) is 1. The second-order valence-corrected chi connectivity index (χ2v) is 10.9. The number of halogens is 3. The third kappa shape index (κ3) is 7.58. The molecule has 2 aromatic rings. The number of amides is 2. The van der Waals surface area contributed by atoms with Gasteiger partial charge in [0.25, 0.3) is 0 Å². The first-order chi connectivity index (χ1) is 15.8. The lowest BCUT2D eigenvalue weighted by atomic mass is 10.1. The first-order valence-corrected chi connectivity index (χ1v) is 13.2. The van der Waals surface area contributed by atoms with E-state index in [0.29, 0.717) is 5.56 Å². The van der Waals surface area contributed by atoms with E-state index in [-0.39, 0.29) is 40.6 Å². The third-order valence-electron chi connectivity index (χ3n) is 4.94. The lowest BCUT2D eigenvalue weighted by Gasteiger charge is -2.33. The van der Waals surface area contributed by atoms with Crippen LogP contribution in [0.4, 0.5) is 10.1 Å². The molecule has 2 amide bonds. The van der Waals surface area contributed by atoms with Gasteiger partial charge in [-0.15, -0.1) is 0 Å². The maximum Gasteiger partial charge on any atom is 0.244 e. The summed E-state index contributed by atoms with van der Waals surface area (Å²) in [6, 6.07) is 8.76. The van der Waals surface area contributed by atoms with E-state index >= 15 is 0 Å². The summed E-state index contributed by atoms with van der Waals surface area (Å²) in [7, 11) is -3.94. The van der Waals surface area contributed by atoms with Gasteiger partial charge in [-0.3, -0.25) is 13.9 Å². The molecule has 2 aromatic carbocycles. The van der Waals surface area contributed by atoms with E-state index in [2.05, 4.69) is 5.32 Å². The zero-order chi connectivity index (χ0) is 25.6. The SMILES string of the molecule is CCC(C(=O)NC(C)C)N(Cc1ccc(F)cc1)C(=O)CN(c1cc(Cl)ccc1Cl)S(C)(=O)=O. The average Bonchev–Trinajstić information content (AvgIpc) is 2.73. The number of hydrogen-bond acceptors (Lipinski definition) is 4. The molecule has 0 radical (unpaired) electrons. The Morgan fingerprint density at radius 1 is 1.09 bits per heavy atom. The van der Waals surface area contributed by atoms with Gasteiger partial charge in [-0.25, -0.2) is 12.8 Å². The minimum absolute atomic E-state index is 0.0238. The highest BCUT2D eigenvalue weighted by Crippen LogP contribution is 2.31. The maximum absolute atomic E-state index is 13.5. The quantitative estimate of drug-likeness (QED) is 0.496. The van der Waals surface area contributed by atoms with Crippen molar-refractivity contribution in [2.24, 2.45) is 0 Å². The summed E-state index contributed by atoms with van der Waals surface area (Å²) in [6.45, 7) is 4.71. The van der Waals surface area contributed by atoms with E-state index in [1.807, 2.05) is 0 Å². The standard InChI is InChI=1S/C23H28Cl2FN3O4S/c1-5-20(23(31)27-15(2)3)28(13-16-6-9-18(26)10-7-16)22(30)14-29(34(4,32)33)21-12-17(24)8-11-19(21)25/h6-12,15,20H,5,13-14H2,1-4H3,(H,27,31). The van der Waals surface area contributed by atoms with Crippen LogP contribution in [0.25, 0.3) is 0 Å². The summed E-state index contributed by atoms with van der Waals surface area (Å²) >= 11 is 12.2. The van der Waals surface area contributed by atoms with E-state index in [1.54, 1.807) is 20.8 Å². The summed E-state index contributed by atoms with van der Waals surface area (Å²) in [5.74, 6) is -1.44. The number of anilines is 1. The minimum atomic E-state index is -3.94. The fraction of sp³-hybridized carbons (Fsp3) is 0.391. The molecule has 0 saturated carbocycles. The first kappa shape index (κ1) is 27.9. The van der Waals surface area contributed by atoms with Crippen LogP contribution >= 0.6 is 23.2 Å². The van der Waals surface area contributed by atoms with Gasteiger partial charge in [-0.05, 0) is 56.2 Å². The van der Waals surface area contributed by atoms with Gasteiger partial charge < -0.3 is 10.2 Å². The van der Waals surface area contributed by atoms with Gasteiger partial charge in [-0.1, -0.05) is 42.3 Å². The summed E-state index contributed by atoms with van der Waals surface area (Å²) in [5.41, 5.74) is 0.628. The van der Waals surface area contributed by atoms with Crippen molar-refractivity contribution in [1.82, 2.24) is 10.2 Å².